The SMILES string of the molecule is O=C(Nc1ccccc1Br)c1csc2ccccc12. The standard InChI is InChI=1S/C15H10BrNOS/c16-12-6-2-3-7-13(12)17-15(18)11-9-19-14-8-4-1-5-10(11)14/h1-9H,(H,17,18). The number of carbonyl (C=O) groups excluding carboxylic acids is 1. The van der Waals surface area contributed by atoms with Crippen molar-refractivity contribution in [2.45, 2.75) is 0 Å². The Morgan fingerprint density at radius 1 is 1.05 bits per heavy atom. The quantitative estimate of drug-likeness (QED) is 0.709. The molecule has 0 fully saturated rings. The molecule has 1 N–H and O–H groups in total. The van der Waals surface area contributed by atoms with E-state index in [1.54, 1.807) is 11.3 Å². The van der Waals surface area contributed by atoms with E-state index < -0.39 is 0 Å². The van der Waals surface area contributed by atoms with Crippen molar-refractivity contribution in [1.82, 2.24) is 0 Å². The maximum absolute atomic E-state index is 12.3. The molecular formula is C15H10BrNOS. The van der Waals surface area contributed by atoms with Crippen LogP contribution in [0, 0.1) is 0 Å². The average molecular weight is 332 g/mol. The molecule has 0 unspecified atom stereocenters. The third kappa shape index (κ3) is 2.41. The van der Waals surface area contributed by atoms with Crippen molar-refractivity contribution in [3.63, 3.8) is 0 Å². The number of carbonyl (C=O) groups is 1. The van der Waals surface area contributed by atoms with Gasteiger partial charge in [0.15, 0.2) is 0 Å². The summed E-state index contributed by atoms with van der Waals surface area (Å²) in [5.41, 5.74) is 1.50. The molecule has 0 aliphatic heterocycles. The molecule has 0 aliphatic carbocycles. The summed E-state index contributed by atoms with van der Waals surface area (Å²) in [4.78, 5) is 12.3. The monoisotopic (exact) mass is 331 g/mol. The lowest BCUT2D eigenvalue weighted by atomic mass is 10.1. The van der Waals surface area contributed by atoms with Crippen LogP contribution in [0.1, 0.15) is 10.4 Å². The topological polar surface area (TPSA) is 29.1 Å². The minimum Gasteiger partial charge on any atom is -0.321 e. The van der Waals surface area contributed by atoms with E-state index in [-0.39, 0.29) is 5.91 Å². The smallest absolute Gasteiger partial charge is 0.257 e. The largest absolute Gasteiger partial charge is 0.321 e. The fraction of sp³-hybridized carbons (Fsp3) is 0. The van der Waals surface area contributed by atoms with Crippen molar-refractivity contribution < 1.29 is 4.79 Å². The van der Waals surface area contributed by atoms with Gasteiger partial charge in [-0.25, -0.2) is 0 Å². The second kappa shape index (κ2) is 5.15. The van der Waals surface area contributed by atoms with Crippen molar-refractivity contribution in [3.05, 3.63) is 63.9 Å². The van der Waals surface area contributed by atoms with Crippen LogP contribution in [0.15, 0.2) is 58.4 Å². The zero-order valence-electron chi connectivity index (χ0n) is 9.89. The lowest BCUT2D eigenvalue weighted by Gasteiger charge is -2.06. The highest BCUT2D eigenvalue weighted by molar-refractivity contribution is 9.10. The highest BCUT2D eigenvalue weighted by atomic mass is 79.9. The fourth-order valence-corrected chi connectivity index (χ4v) is 3.23. The molecule has 0 saturated carbocycles. The minimum absolute atomic E-state index is 0.0793. The summed E-state index contributed by atoms with van der Waals surface area (Å²) in [6, 6.07) is 15.5. The highest BCUT2D eigenvalue weighted by Gasteiger charge is 2.12. The number of hydrogen-bond acceptors (Lipinski definition) is 2. The summed E-state index contributed by atoms with van der Waals surface area (Å²) >= 11 is 5.01. The van der Waals surface area contributed by atoms with Gasteiger partial charge in [-0.2, -0.15) is 0 Å². The van der Waals surface area contributed by atoms with Gasteiger partial charge in [0.2, 0.25) is 0 Å². The molecule has 2 nitrogen and oxygen atoms in total. The first-order chi connectivity index (χ1) is 9.25. The summed E-state index contributed by atoms with van der Waals surface area (Å²) in [5.74, 6) is -0.0793. The number of thiophene rings is 1. The predicted molar refractivity (Wildman–Crippen MR) is 83.9 cm³/mol. The number of hydrogen-bond donors (Lipinski definition) is 1. The molecule has 4 heteroatoms. The highest BCUT2D eigenvalue weighted by Crippen LogP contribution is 2.27. The van der Waals surface area contributed by atoms with Crippen molar-refractivity contribution in [2.75, 3.05) is 5.32 Å². The minimum atomic E-state index is -0.0793. The molecule has 1 aromatic heterocycles. The van der Waals surface area contributed by atoms with Gasteiger partial charge < -0.3 is 5.32 Å². The third-order valence-electron chi connectivity index (χ3n) is 2.85. The number of halogens is 1. The number of para-hydroxylation sites is 1. The van der Waals surface area contributed by atoms with Gasteiger partial charge in [0, 0.05) is 19.9 Å². The van der Waals surface area contributed by atoms with E-state index in [1.165, 1.54) is 0 Å². The Balaban J connectivity index is 1.95. The van der Waals surface area contributed by atoms with E-state index in [2.05, 4.69) is 21.2 Å². The molecule has 3 rings (SSSR count). The summed E-state index contributed by atoms with van der Waals surface area (Å²) < 4.78 is 2.00. The second-order valence-electron chi connectivity index (χ2n) is 4.08. The molecule has 1 heterocycles. The number of fused-ring (bicyclic) bond motifs is 1. The molecule has 94 valence electrons. The van der Waals surface area contributed by atoms with Crippen LogP contribution in [0.25, 0.3) is 10.1 Å². The van der Waals surface area contributed by atoms with Gasteiger partial charge >= 0.3 is 0 Å². The van der Waals surface area contributed by atoms with Crippen molar-refractivity contribution in [2.24, 2.45) is 0 Å². The second-order valence-corrected chi connectivity index (χ2v) is 5.85. The summed E-state index contributed by atoms with van der Waals surface area (Å²) in [6.07, 6.45) is 0. The average Bonchev–Trinajstić information content (AvgIpc) is 2.85. The van der Waals surface area contributed by atoms with Gasteiger partial charge in [-0.15, -0.1) is 11.3 Å². The van der Waals surface area contributed by atoms with Gasteiger partial charge in [-0.1, -0.05) is 30.3 Å². The first kappa shape index (κ1) is 12.4. The van der Waals surface area contributed by atoms with Crippen LogP contribution >= 0.6 is 27.3 Å². The van der Waals surface area contributed by atoms with Gasteiger partial charge in [0.05, 0.1) is 11.3 Å². The predicted octanol–water partition coefficient (Wildman–Crippen LogP) is 4.92. The molecule has 0 bridgehead atoms. The van der Waals surface area contributed by atoms with Crippen LogP contribution in [0.2, 0.25) is 0 Å². The maximum Gasteiger partial charge on any atom is 0.257 e. The molecule has 0 aliphatic rings. The Bertz CT molecular complexity index is 750. The van der Waals surface area contributed by atoms with E-state index in [0.717, 1.165) is 25.8 Å². The molecule has 0 spiro atoms. The Hall–Kier alpha value is -1.65. The van der Waals surface area contributed by atoms with Gasteiger partial charge in [0.1, 0.15) is 0 Å². The molecule has 0 radical (unpaired) electrons. The van der Waals surface area contributed by atoms with E-state index in [4.69, 9.17) is 0 Å². The summed E-state index contributed by atoms with van der Waals surface area (Å²) in [5, 5.41) is 5.82. The maximum atomic E-state index is 12.3. The molecule has 3 aromatic rings. The first-order valence-electron chi connectivity index (χ1n) is 5.78. The first-order valence-corrected chi connectivity index (χ1v) is 7.45. The molecular weight excluding hydrogens is 322 g/mol. The van der Waals surface area contributed by atoms with E-state index >= 15 is 0 Å². The van der Waals surface area contributed by atoms with Crippen LogP contribution in [-0.4, -0.2) is 5.91 Å². The number of nitrogens with one attached hydrogen (secondary N) is 1. The van der Waals surface area contributed by atoms with Crippen LogP contribution in [0.5, 0.6) is 0 Å². The van der Waals surface area contributed by atoms with Crippen molar-refractivity contribution in [1.29, 1.82) is 0 Å². The van der Waals surface area contributed by atoms with E-state index in [9.17, 15) is 4.79 Å². The van der Waals surface area contributed by atoms with Gasteiger partial charge in [-0.05, 0) is 34.1 Å². The fourth-order valence-electron chi connectivity index (χ4n) is 1.91. The lowest BCUT2D eigenvalue weighted by molar-refractivity contribution is 0.102. The van der Waals surface area contributed by atoms with Crippen molar-refractivity contribution >= 4 is 48.9 Å². The van der Waals surface area contributed by atoms with E-state index in [1.807, 2.05) is 53.9 Å². The molecule has 2 aromatic carbocycles. The molecule has 0 atom stereocenters. The Morgan fingerprint density at radius 3 is 2.63 bits per heavy atom. The lowest BCUT2D eigenvalue weighted by Crippen LogP contribution is -2.11. The molecule has 0 saturated heterocycles. The zero-order valence-corrected chi connectivity index (χ0v) is 12.3. The number of anilines is 1. The number of amides is 1. The number of rotatable bonds is 2. The molecule has 19 heavy (non-hydrogen) atoms. The normalized spacial score (nSPS) is 10.6. The van der Waals surface area contributed by atoms with Gasteiger partial charge in [0.25, 0.3) is 5.91 Å². The third-order valence-corrected chi connectivity index (χ3v) is 4.50. The Kier molecular flexibility index (Phi) is 3.36. The zero-order chi connectivity index (χ0) is 13.2. The van der Waals surface area contributed by atoms with E-state index in [0.29, 0.717) is 0 Å². The van der Waals surface area contributed by atoms with Crippen LogP contribution < -0.4 is 5.32 Å². The van der Waals surface area contributed by atoms with Gasteiger partial charge in [-0.3, -0.25) is 4.79 Å². The van der Waals surface area contributed by atoms with Crippen LogP contribution in [-0.2, 0) is 0 Å². The van der Waals surface area contributed by atoms with Crippen molar-refractivity contribution in [3.8, 4) is 0 Å². The molecule has 1 amide bonds. The van der Waals surface area contributed by atoms with Crippen LogP contribution in [0.4, 0.5) is 5.69 Å². The summed E-state index contributed by atoms with van der Waals surface area (Å²) in [7, 11) is 0. The number of benzene rings is 2. The Labute approximate surface area is 123 Å². The van der Waals surface area contributed by atoms with Crippen LogP contribution in [0.3, 0.4) is 0 Å². The summed E-state index contributed by atoms with van der Waals surface area (Å²) in [6.45, 7) is 0. The Morgan fingerprint density at radius 2 is 1.79 bits per heavy atom.